The molecule has 0 fully saturated rings. The quantitative estimate of drug-likeness (QED) is 0.546. The van der Waals surface area contributed by atoms with Gasteiger partial charge in [0.2, 0.25) is 0 Å². The van der Waals surface area contributed by atoms with Gasteiger partial charge in [-0.3, -0.25) is 10.4 Å². The van der Waals surface area contributed by atoms with Crippen LogP contribution in [0.5, 0.6) is 0 Å². The number of anilines is 1. The molecule has 1 aromatic rings. The van der Waals surface area contributed by atoms with Gasteiger partial charge in [0.15, 0.2) is 5.11 Å². The molecule has 1 aromatic carbocycles. The van der Waals surface area contributed by atoms with Crippen molar-refractivity contribution in [2.45, 2.75) is 6.92 Å². The first kappa shape index (κ1) is 16.1. The molecule has 1 rings (SSSR count). The lowest BCUT2D eigenvalue weighted by molar-refractivity contribution is 0.797. The normalized spacial score (nSPS) is 8.07. The second-order valence-electron chi connectivity index (χ2n) is 2.56. The van der Waals surface area contributed by atoms with Crippen molar-refractivity contribution in [3.8, 4) is 0 Å². The monoisotopic (exact) mass is 231 g/mol. The second kappa shape index (κ2) is 7.98. The summed E-state index contributed by atoms with van der Waals surface area (Å²) in [6.45, 7) is 2.83. The fourth-order valence-electron chi connectivity index (χ4n) is 1.07. The van der Waals surface area contributed by atoms with Gasteiger partial charge in [0, 0.05) is 6.54 Å². The van der Waals surface area contributed by atoms with Crippen LogP contribution in [0.15, 0.2) is 30.3 Å². The van der Waals surface area contributed by atoms with Gasteiger partial charge in [-0.05, 0) is 31.3 Å². The summed E-state index contributed by atoms with van der Waals surface area (Å²) >= 11 is 4.76. The van der Waals surface area contributed by atoms with Gasteiger partial charge in [0.25, 0.3) is 0 Å². The Labute approximate surface area is 94.5 Å². The summed E-state index contributed by atoms with van der Waals surface area (Å²) in [6, 6.07) is 9.90. The number of nitrogens with one attached hydrogen (secondary N) is 1. The van der Waals surface area contributed by atoms with E-state index < -0.39 is 0 Å². The first-order chi connectivity index (χ1) is 6.24. The van der Waals surface area contributed by atoms with E-state index in [2.05, 4.69) is 5.43 Å². The highest BCUT2D eigenvalue weighted by molar-refractivity contribution is 7.80. The van der Waals surface area contributed by atoms with Crippen LogP contribution in [0.2, 0.25) is 0 Å². The number of thiocarbonyl (C=S) groups is 1. The van der Waals surface area contributed by atoms with Crippen molar-refractivity contribution in [3.63, 3.8) is 0 Å². The van der Waals surface area contributed by atoms with Crippen LogP contribution in [-0.2, 0) is 0 Å². The largest absolute Gasteiger partial charge is 0.412 e. The molecule has 0 atom stereocenters. The zero-order valence-electron chi connectivity index (χ0n) is 8.53. The van der Waals surface area contributed by atoms with Crippen LogP contribution in [0.3, 0.4) is 0 Å². The maximum atomic E-state index is 5.38. The maximum Gasteiger partial charge on any atom is 0.182 e. The summed E-state index contributed by atoms with van der Waals surface area (Å²) in [6.07, 6.45) is 0. The molecule has 0 spiro atoms. The Morgan fingerprint density at radius 1 is 1.33 bits per heavy atom. The Kier molecular flexibility index (Phi) is 8.55. The number of hydrogen-bond donors (Lipinski definition) is 2. The van der Waals surface area contributed by atoms with Gasteiger partial charge in [0.1, 0.15) is 0 Å². The molecule has 86 valence electrons. The molecule has 5 nitrogen and oxygen atoms in total. The fraction of sp³-hybridized carbons (Fsp3) is 0.222. The van der Waals surface area contributed by atoms with Crippen LogP contribution in [0, 0.1) is 0 Å². The van der Waals surface area contributed by atoms with Crippen LogP contribution < -0.4 is 16.2 Å². The molecule has 15 heavy (non-hydrogen) atoms. The Morgan fingerprint density at radius 2 is 1.87 bits per heavy atom. The van der Waals surface area contributed by atoms with Gasteiger partial charge in [0.05, 0.1) is 5.69 Å². The van der Waals surface area contributed by atoms with Crippen molar-refractivity contribution in [2.24, 2.45) is 5.73 Å². The van der Waals surface area contributed by atoms with Crippen LogP contribution >= 0.6 is 12.2 Å². The van der Waals surface area contributed by atoms with Gasteiger partial charge in [-0.2, -0.15) is 0 Å². The SMILES string of the molecule is CCN(NC(N)=S)c1ccccc1.O.O. The van der Waals surface area contributed by atoms with Crippen LogP contribution in [-0.4, -0.2) is 22.6 Å². The fourth-order valence-corrected chi connectivity index (χ4v) is 1.18. The summed E-state index contributed by atoms with van der Waals surface area (Å²) in [5.41, 5.74) is 9.33. The van der Waals surface area contributed by atoms with E-state index in [0.717, 1.165) is 12.2 Å². The smallest absolute Gasteiger partial charge is 0.182 e. The van der Waals surface area contributed by atoms with E-state index in [1.165, 1.54) is 0 Å². The lowest BCUT2D eigenvalue weighted by atomic mass is 10.3. The molecule has 0 aliphatic heterocycles. The summed E-state index contributed by atoms with van der Waals surface area (Å²) in [4.78, 5) is 0. The molecule has 0 saturated carbocycles. The Hall–Kier alpha value is -1.37. The molecule has 0 radical (unpaired) electrons. The third-order valence-electron chi connectivity index (χ3n) is 1.63. The van der Waals surface area contributed by atoms with E-state index >= 15 is 0 Å². The molecule has 0 heterocycles. The number of hydrazine groups is 1. The van der Waals surface area contributed by atoms with Crippen LogP contribution in [0.1, 0.15) is 6.92 Å². The van der Waals surface area contributed by atoms with E-state index in [1.54, 1.807) is 0 Å². The molecule has 0 unspecified atom stereocenters. The highest BCUT2D eigenvalue weighted by Gasteiger charge is 2.01. The lowest BCUT2D eigenvalue weighted by Gasteiger charge is -2.23. The van der Waals surface area contributed by atoms with Gasteiger partial charge in [-0.25, -0.2) is 0 Å². The first-order valence-corrected chi connectivity index (χ1v) is 4.53. The number of para-hydroxylation sites is 1. The van der Waals surface area contributed by atoms with E-state index in [9.17, 15) is 0 Å². The molecule has 6 heteroatoms. The molecule has 0 amide bonds. The van der Waals surface area contributed by atoms with Crippen LogP contribution in [0.25, 0.3) is 0 Å². The summed E-state index contributed by atoms with van der Waals surface area (Å²) < 4.78 is 0. The predicted molar refractivity (Wildman–Crippen MR) is 66.6 cm³/mol. The summed E-state index contributed by atoms with van der Waals surface area (Å²) in [5, 5.41) is 2.17. The van der Waals surface area contributed by atoms with Gasteiger partial charge in [-0.15, -0.1) is 0 Å². The Bertz CT molecular complexity index is 282. The number of rotatable bonds is 3. The van der Waals surface area contributed by atoms with E-state index in [0.29, 0.717) is 0 Å². The molecular formula is C9H17N3O2S. The number of nitrogens with zero attached hydrogens (tertiary/aromatic N) is 1. The van der Waals surface area contributed by atoms with Gasteiger partial charge < -0.3 is 16.7 Å². The Morgan fingerprint density at radius 3 is 2.27 bits per heavy atom. The molecular weight excluding hydrogens is 214 g/mol. The first-order valence-electron chi connectivity index (χ1n) is 4.12. The highest BCUT2D eigenvalue weighted by atomic mass is 32.1. The van der Waals surface area contributed by atoms with E-state index in [1.807, 2.05) is 42.3 Å². The standard InChI is InChI=1S/C9H13N3S.2H2O/c1-2-12(11-9(10)13)8-6-4-3-5-7-8;;/h3-7H,2H2,1H3,(H3,10,11,13);2*1H2. The minimum atomic E-state index is 0. The summed E-state index contributed by atoms with van der Waals surface area (Å²) in [5.74, 6) is 0. The average Bonchev–Trinajstić information content (AvgIpc) is 2.15. The van der Waals surface area contributed by atoms with Crippen molar-refractivity contribution in [3.05, 3.63) is 30.3 Å². The average molecular weight is 231 g/mol. The van der Waals surface area contributed by atoms with Crippen LogP contribution in [0.4, 0.5) is 5.69 Å². The van der Waals surface area contributed by atoms with Crippen molar-refractivity contribution < 1.29 is 11.0 Å². The van der Waals surface area contributed by atoms with Crippen molar-refractivity contribution >= 4 is 23.0 Å². The molecule has 0 saturated heterocycles. The zero-order chi connectivity index (χ0) is 9.68. The van der Waals surface area contributed by atoms with E-state index in [-0.39, 0.29) is 16.1 Å². The summed E-state index contributed by atoms with van der Waals surface area (Å²) in [7, 11) is 0. The molecule has 0 aliphatic carbocycles. The molecule has 0 bridgehead atoms. The second-order valence-corrected chi connectivity index (χ2v) is 3.00. The van der Waals surface area contributed by atoms with E-state index in [4.69, 9.17) is 18.0 Å². The molecule has 7 N–H and O–H groups in total. The van der Waals surface area contributed by atoms with Crippen molar-refractivity contribution in [1.82, 2.24) is 5.43 Å². The Balaban J connectivity index is 0. The van der Waals surface area contributed by atoms with Crippen molar-refractivity contribution in [1.29, 1.82) is 0 Å². The number of benzene rings is 1. The minimum absolute atomic E-state index is 0. The topological polar surface area (TPSA) is 104 Å². The lowest BCUT2D eigenvalue weighted by Crippen LogP contribution is -2.44. The number of nitrogens with two attached hydrogens (primary N) is 1. The van der Waals surface area contributed by atoms with Crippen molar-refractivity contribution in [2.75, 3.05) is 11.6 Å². The number of hydrogen-bond acceptors (Lipinski definition) is 2. The molecule has 0 aliphatic rings. The van der Waals surface area contributed by atoms with Gasteiger partial charge >= 0.3 is 0 Å². The third kappa shape index (κ3) is 5.16. The van der Waals surface area contributed by atoms with Gasteiger partial charge in [-0.1, -0.05) is 18.2 Å². The zero-order valence-corrected chi connectivity index (χ0v) is 9.34. The predicted octanol–water partition coefficient (Wildman–Crippen LogP) is -0.388. The molecule has 0 aromatic heterocycles. The third-order valence-corrected chi connectivity index (χ3v) is 1.72. The minimum Gasteiger partial charge on any atom is -0.412 e. The highest BCUT2D eigenvalue weighted by Crippen LogP contribution is 2.09. The maximum absolute atomic E-state index is 5.38.